The molecule has 0 unspecified atom stereocenters. The minimum absolute atomic E-state index is 0.138. The molecule has 0 saturated carbocycles. The molecule has 2 aromatic rings. The third-order valence-electron chi connectivity index (χ3n) is 2.73. The molecule has 102 valence electrons. The first-order valence-electron chi connectivity index (χ1n) is 6.01. The van der Waals surface area contributed by atoms with Crippen molar-refractivity contribution in [1.29, 1.82) is 5.26 Å². The van der Waals surface area contributed by atoms with Crippen molar-refractivity contribution < 1.29 is 4.92 Å². The molecule has 7 heteroatoms. The van der Waals surface area contributed by atoms with E-state index in [0.717, 1.165) is 0 Å². The third-order valence-corrected chi connectivity index (χ3v) is 2.73. The van der Waals surface area contributed by atoms with Crippen LogP contribution >= 0.6 is 0 Å². The molecule has 0 aliphatic carbocycles. The van der Waals surface area contributed by atoms with E-state index in [2.05, 4.69) is 10.4 Å². The fraction of sp³-hybridized carbons (Fsp3) is 0.231. The van der Waals surface area contributed by atoms with Gasteiger partial charge in [-0.2, -0.15) is 10.4 Å². The highest BCUT2D eigenvalue weighted by molar-refractivity contribution is 5.70. The van der Waals surface area contributed by atoms with Crippen LogP contribution < -0.4 is 5.32 Å². The number of hydrogen-bond acceptors (Lipinski definition) is 5. The zero-order valence-corrected chi connectivity index (χ0v) is 11.1. The molecule has 0 aliphatic rings. The van der Waals surface area contributed by atoms with E-state index >= 15 is 0 Å². The van der Waals surface area contributed by atoms with Crippen molar-refractivity contribution in [3.63, 3.8) is 0 Å². The predicted octanol–water partition coefficient (Wildman–Crippen LogP) is 2.99. The number of aromatic nitrogens is 2. The van der Waals surface area contributed by atoms with E-state index in [1.807, 2.05) is 19.9 Å². The normalized spacial score (nSPS) is 10.3. The Morgan fingerprint density at radius 2 is 2.25 bits per heavy atom. The summed E-state index contributed by atoms with van der Waals surface area (Å²) < 4.78 is 1.75. The smallest absolute Gasteiger partial charge is 0.293 e. The summed E-state index contributed by atoms with van der Waals surface area (Å²) >= 11 is 0. The Kier molecular flexibility index (Phi) is 3.66. The van der Waals surface area contributed by atoms with Crippen LogP contribution in [-0.4, -0.2) is 14.7 Å². The predicted molar refractivity (Wildman–Crippen MR) is 73.7 cm³/mol. The van der Waals surface area contributed by atoms with Gasteiger partial charge in [0.15, 0.2) is 0 Å². The van der Waals surface area contributed by atoms with Gasteiger partial charge in [-0.05, 0) is 26.0 Å². The van der Waals surface area contributed by atoms with Gasteiger partial charge in [-0.3, -0.25) is 14.8 Å². The summed E-state index contributed by atoms with van der Waals surface area (Å²) in [6.07, 6.45) is 3.37. The molecule has 0 aliphatic heterocycles. The van der Waals surface area contributed by atoms with Gasteiger partial charge in [-0.25, -0.2) is 0 Å². The number of hydrogen-bond donors (Lipinski definition) is 1. The number of nitrogens with one attached hydrogen (secondary N) is 1. The molecule has 2 rings (SSSR count). The molecule has 7 nitrogen and oxygen atoms in total. The van der Waals surface area contributed by atoms with Crippen LogP contribution in [0.2, 0.25) is 0 Å². The van der Waals surface area contributed by atoms with Gasteiger partial charge in [0, 0.05) is 18.3 Å². The first-order valence-corrected chi connectivity index (χ1v) is 6.01. The summed E-state index contributed by atoms with van der Waals surface area (Å²) in [5.74, 6) is 0. The Balaban J connectivity index is 2.33. The van der Waals surface area contributed by atoms with Crippen molar-refractivity contribution in [3.05, 3.63) is 46.3 Å². The SMILES string of the molecule is CC(C)n1cc(Nc2ccc(C#N)cc2[N+](=O)[O-])cn1. The number of nitrogens with zero attached hydrogens (tertiary/aromatic N) is 4. The van der Waals surface area contributed by atoms with Crippen molar-refractivity contribution in [1.82, 2.24) is 9.78 Å². The summed E-state index contributed by atoms with van der Waals surface area (Å²) in [5.41, 5.74) is 1.10. The first-order chi connectivity index (χ1) is 9.51. The van der Waals surface area contributed by atoms with Crippen LogP contribution in [0.1, 0.15) is 25.5 Å². The highest BCUT2D eigenvalue weighted by Crippen LogP contribution is 2.28. The molecule has 0 amide bonds. The Labute approximate surface area is 115 Å². The summed E-state index contributed by atoms with van der Waals surface area (Å²) in [5, 5.41) is 26.9. The van der Waals surface area contributed by atoms with Crippen LogP contribution in [0.25, 0.3) is 0 Å². The molecule has 0 bridgehead atoms. The lowest BCUT2D eigenvalue weighted by molar-refractivity contribution is -0.383. The molecule has 0 radical (unpaired) electrons. The van der Waals surface area contributed by atoms with Crippen LogP contribution in [-0.2, 0) is 0 Å². The minimum atomic E-state index is -0.518. The number of nitriles is 1. The second kappa shape index (κ2) is 5.40. The van der Waals surface area contributed by atoms with Gasteiger partial charge >= 0.3 is 0 Å². The topological polar surface area (TPSA) is 96.8 Å². The first kappa shape index (κ1) is 13.5. The van der Waals surface area contributed by atoms with Gasteiger partial charge in [0.05, 0.1) is 28.4 Å². The fourth-order valence-corrected chi connectivity index (χ4v) is 1.70. The number of anilines is 2. The maximum Gasteiger partial charge on any atom is 0.293 e. The average Bonchev–Trinajstić information content (AvgIpc) is 2.87. The van der Waals surface area contributed by atoms with E-state index in [1.54, 1.807) is 17.1 Å². The van der Waals surface area contributed by atoms with E-state index in [1.165, 1.54) is 18.2 Å². The summed E-state index contributed by atoms with van der Waals surface area (Å²) in [6.45, 7) is 3.97. The maximum absolute atomic E-state index is 11.0. The van der Waals surface area contributed by atoms with E-state index in [4.69, 9.17) is 5.26 Å². The summed E-state index contributed by atoms with van der Waals surface area (Å²) in [4.78, 5) is 10.5. The molecule has 0 atom stereocenters. The van der Waals surface area contributed by atoms with Crippen molar-refractivity contribution in [2.75, 3.05) is 5.32 Å². The van der Waals surface area contributed by atoms with Crippen LogP contribution in [0.5, 0.6) is 0 Å². The quantitative estimate of drug-likeness (QED) is 0.681. The second-order valence-corrected chi connectivity index (χ2v) is 4.53. The molecular weight excluding hydrogens is 258 g/mol. The standard InChI is InChI=1S/C13H13N5O2/c1-9(2)17-8-11(7-15-17)16-12-4-3-10(6-14)5-13(12)18(19)20/h3-5,7-9,16H,1-2H3. The Hall–Kier alpha value is -2.88. The molecule has 1 N–H and O–H groups in total. The van der Waals surface area contributed by atoms with Gasteiger partial charge in [0.2, 0.25) is 0 Å². The third kappa shape index (κ3) is 2.75. The molecule has 0 spiro atoms. The molecule has 1 aromatic heterocycles. The Morgan fingerprint density at radius 3 is 2.80 bits per heavy atom. The maximum atomic E-state index is 11.0. The number of benzene rings is 1. The summed E-state index contributed by atoms with van der Waals surface area (Å²) in [7, 11) is 0. The molecule has 1 aromatic carbocycles. The minimum Gasteiger partial charge on any atom is -0.347 e. The van der Waals surface area contributed by atoms with Crippen LogP contribution in [0.4, 0.5) is 17.1 Å². The highest BCUT2D eigenvalue weighted by atomic mass is 16.6. The largest absolute Gasteiger partial charge is 0.347 e. The lowest BCUT2D eigenvalue weighted by atomic mass is 10.2. The molecule has 20 heavy (non-hydrogen) atoms. The van der Waals surface area contributed by atoms with Crippen molar-refractivity contribution in [3.8, 4) is 6.07 Å². The van der Waals surface area contributed by atoms with E-state index in [-0.39, 0.29) is 17.3 Å². The number of rotatable bonds is 4. The highest BCUT2D eigenvalue weighted by Gasteiger charge is 2.15. The van der Waals surface area contributed by atoms with Gasteiger partial charge in [-0.1, -0.05) is 0 Å². The molecular formula is C13H13N5O2. The van der Waals surface area contributed by atoms with Crippen LogP contribution in [0.15, 0.2) is 30.6 Å². The van der Waals surface area contributed by atoms with Gasteiger partial charge in [-0.15, -0.1) is 0 Å². The lowest BCUT2D eigenvalue weighted by Crippen LogP contribution is -2.00. The van der Waals surface area contributed by atoms with E-state index in [9.17, 15) is 10.1 Å². The van der Waals surface area contributed by atoms with Crippen molar-refractivity contribution in [2.24, 2.45) is 0 Å². The van der Waals surface area contributed by atoms with Gasteiger partial charge in [0.1, 0.15) is 5.69 Å². The second-order valence-electron chi connectivity index (χ2n) is 4.53. The molecule has 1 heterocycles. The number of nitro benzene ring substituents is 1. The number of nitro groups is 1. The van der Waals surface area contributed by atoms with Crippen molar-refractivity contribution >= 4 is 17.1 Å². The Bertz CT molecular complexity index is 684. The van der Waals surface area contributed by atoms with E-state index < -0.39 is 4.92 Å². The van der Waals surface area contributed by atoms with Crippen LogP contribution in [0, 0.1) is 21.4 Å². The molecule has 0 fully saturated rings. The monoisotopic (exact) mass is 271 g/mol. The van der Waals surface area contributed by atoms with Gasteiger partial charge < -0.3 is 5.32 Å². The molecule has 0 saturated heterocycles. The van der Waals surface area contributed by atoms with E-state index in [0.29, 0.717) is 11.4 Å². The Morgan fingerprint density at radius 1 is 1.50 bits per heavy atom. The average molecular weight is 271 g/mol. The zero-order chi connectivity index (χ0) is 14.7. The fourth-order valence-electron chi connectivity index (χ4n) is 1.70. The van der Waals surface area contributed by atoms with Gasteiger partial charge in [0.25, 0.3) is 5.69 Å². The van der Waals surface area contributed by atoms with Crippen LogP contribution in [0.3, 0.4) is 0 Å². The van der Waals surface area contributed by atoms with Crippen molar-refractivity contribution in [2.45, 2.75) is 19.9 Å². The lowest BCUT2D eigenvalue weighted by Gasteiger charge is -2.05. The summed E-state index contributed by atoms with van der Waals surface area (Å²) in [6, 6.07) is 6.39. The zero-order valence-electron chi connectivity index (χ0n) is 11.1.